The van der Waals surface area contributed by atoms with Crippen molar-refractivity contribution in [2.75, 3.05) is 13.9 Å². The van der Waals surface area contributed by atoms with Crippen molar-refractivity contribution >= 4 is 6.08 Å². The molecule has 0 N–H and O–H groups in total. The third-order valence-corrected chi connectivity index (χ3v) is 1.44. The molecule has 0 aliphatic carbocycles. The Morgan fingerprint density at radius 3 is 3.00 bits per heavy atom. The van der Waals surface area contributed by atoms with Crippen molar-refractivity contribution in [2.24, 2.45) is 0 Å². The summed E-state index contributed by atoms with van der Waals surface area (Å²) in [7, 11) is 1.59. The van der Waals surface area contributed by atoms with Gasteiger partial charge in [0.1, 0.15) is 5.75 Å². The second kappa shape index (κ2) is 4.57. The molecule has 0 heterocycles. The van der Waals surface area contributed by atoms with Crippen molar-refractivity contribution in [1.29, 1.82) is 0 Å². The molecule has 64 valence electrons. The van der Waals surface area contributed by atoms with Crippen LogP contribution < -0.4 is 4.74 Å². The highest BCUT2D eigenvalue weighted by Crippen LogP contribution is 2.13. The summed E-state index contributed by atoms with van der Waals surface area (Å²) in [6.07, 6.45) is 1.78. The van der Waals surface area contributed by atoms with Crippen LogP contribution in [0.2, 0.25) is 0 Å². The number of hydrogen-bond acceptors (Lipinski definition) is 2. The maximum Gasteiger partial charge on any atom is 0.188 e. The Morgan fingerprint density at radius 1 is 1.50 bits per heavy atom. The Morgan fingerprint density at radius 2 is 2.33 bits per heavy atom. The van der Waals surface area contributed by atoms with Crippen LogP contribution in [-0.4, -0.2) is 13.9 Å². The predicted octanol–water partition coefficient (Wildman–Crippen LogP) is 2.31. The van der Waals surface area contributed by atoms with Gasteiger partial charge in [0.2, 0.25) is 0 Å². The summed E-state index contributed by atoms with van der Waals surface area (Å²) in [6, 6.07) is 7.67. The summed E-state index contributed by atoms with van der Waals surface area (Å²) in [5.41, 5.74) is 1.05. The molecule has 0 saturated heterocycles. The summed E-state index contributed by atoms with van der Waals surface area (Å²) >= 11 is 0. The maximum absolute atomic E-state index is 5.23. The van der Waals surface area contributed by atoms with Gasteiger partial charge >= 0.3 is 0 Å². The second-order valence-electron chi connectivity index (χ2n) is 2.33. The van der Waals surface area contributed by atoms with Crippen molar-refractivity contribution in [3.05, 3.63) is 36.4 Å². The summed E-state index contributed by atoms with van der Waals surface area (Å²) in [6.45, 7) is 3.94. The van der Waals surface area contributed by atoms with Gasteiger partial charge in [-0.25, -0.2) is 0 Å². The topological polar surface area (TPSA) is 18.5 Å². The van der Waals surface area contributed by atoms with E-state index in [-0.39, 0.29) is 6.79 Å². The van der Waals surface area contributed by atoms with Crippen LogP contribution in [0, 0.1) is 0 Å². The lowest BCUT2D eigenvalue weighted by Crippen LogP contribution is -1.98. The molecule has 0 atom stereocenters. The van der Waals surface area contributed by atoms with Crippen LogP contribution in [0.1, 0.15) is 5.56 Å². The Balaban J connectivity index is 2.66. The average molecular weight is 164 g/mol. The molecular weight excluding hydrogens is 152 g/mol. The molecule has 0 aliphatic rings. The minimum Gasteiger partial charge on any atom is -0.468 e. The van der Waals surface area contributed by atoms with E-state index in [0.717, 1.165) is 11.3 Å². The van der Waals surface area contributed by atoms with E-state index in [1.165, 1.54) is 0 Å². The van der Waals surface area contributed by atoms with E-state index >= 15 is 0 Å². The lowest BCUT2D eigenvalue weighted by atomic mass is 10.2. The Hall–Kier alpha value is -1.28. The molecule has 1 aromatic rings. The molecule has 0 saturated carbocycles. The Labute approximate surface area is 72.4 Å². The molecule has 0 spiro atoms. The minimum absolute atomic E-state index is 0.278. The number of benzene rings is 1. The highest BCUT2D eigenvalue weighted by atomic mass is 16.7. The van der Waals surface area contributed by atoms with Crippen molar-refractivity contribution < 1.29 is 9.47 Å². The van der Waals surface area contributed by atoms with Crippen LogP contribution in [0.5, 0.6) is 5.75 Å². The van der Waals surface area contributed by atoms with Gasteiger partial charge in [-0.15, -0.1) is 0 Å². The molecule has 0 radical (unpaired) electrons. The van der Waals surface area contributed by atoms with Crippen molar-refractivity contribution in [3.8, 4) is 5.75 Å². The quantitative estimate of drug-likeness (QED) is 0.636. The first-order valence-electron chi connectivity index (χ1n) is 3.71. The summed E-state index contributed by atoms with van der Waals surface area (Å²) < 4.78 is 10.00. The van der Waals surface area contributed by atoms with Gasteiger partial charge in [0.05, 0.1) is 0 Å². The monoisotopic (exact) mass is 164 g/mol. The van der Waals surface area contributed by atoms with Crippen LogP contribution in [0.25, 0.3) is 6.08 Å². The Kier molecular flexibility index (Phi) is 3.35. The largest absolute Gasteiger partial charge is 0.468 e. The molecule has 0 bridgehead atoms. The zero-order valence-electron chi connectivity index (χ0n) is 7.12. The van der Waals surface area contributed by atoms with Gasteiger partial charge < -0.3 is 9.47 Å². The first-order valence-corrected chi connectivity index (χ1v) is 3.71. The molecule has 2 nitrogen and oxygen atoms in total. The summed E-state index contributed by atoms with van der Waals surface area (Å²) in [5.74, 6) is 0.800. The first-order chi connectivity index (χ1) is 5.86. The number of ether oxygens (including phenoxy) is 2. The van der Waals surface area contributed by atoms with Crippen LogP contribution in [0.4, 0.5) is 0 Å². The number of rotatable bonds is 4. The van der Waals surface area contributed by atoms with Crippen LogP contribution in [-0.2, 0) is 4.74 Å². The van der Waals surface area contributed by atoms with Crippen LogP contribution in [0.15, 0.2) is 30.8 Å². The molecule has 2 heteroatoms. The highest BCUT2D eigenvalue weighted by molar-refractivity contribution is 5.49. The second-order valence-corrected chi connectivity index (χ2v) is 2.33. The van der Waals surface area contributed by atoms with Crippen LogP contribution in [0.3, 0.4) is 0 Å². The minimum atomic E-state index is 0.278. The lowest BCUT2D eigenvalue weighted by molar-refractivity contribution is 0.0511. The normalized spacial score (nSPS) is 9.42. The van der Waals surface area contributed by atoms with Crippen molar-refractivity contribution in [1.82, 2.24) is 0 Å². The van der Waals surface area contributed by atoms with E-state index in [0.29, 0.717) is 0 Å². The molecule has 1 rings (SSSR count). The van der Waals surface area contributed by atoms with Gasteiger partial charge in [0, 0.05) is 7.11 Å². The number of hydrogen-bond donors (Lipinski definition) is 0. The van der Waals surface area contributed by atoms with Gasteiger partial charge in [-0.1, -0.05) is 24.8 Å². The molecule has 1 aromatic carbocycles. The van der Waals surface area contributed by atoms with E-state index < -0.39 is 0 Å². The third-order valence-electron chi connectivity index (χ3n) is 1.44. The van der Waals surface area contributed by atoms with Crippen LogP contribution >= 0.6 is 0 Å². The molecule has 0 aliphatic heterocycles. The SMILES string of the molecule is C=Cc1cccc(OCOC)c1. The van der Waals surface area contributed by atoms with Crippen molar-refractivity contribution in [3.63, 3.8) is 0 Å². The molecular formula is C10H12O2. The van der Waals surface area contributed by atoms with Crippen molar-refractivity contribution in [2.45, 2.75) is 0 Å². The van der Waals surface area contributed by atoms with Gasteiger partial charge in [0.25, 0.3) is 0 Å². The van der Waals surface area contributed by atoms with E-state index in [9.17, 15) is 0 Å². The fourth-order valence-corrected chi connectivity index (χ4v) is 0.858. The molecule has 0 unspecified atom stereocenters. The summed E-state index contributed by atoms with van der Waals surface area (Å²) in [5, 5.41) is 0. The van der Waals surface area contributed by atoms with E-state index in [2.05, 4.69) is 6.58 Å². The Bertz CT molecular complexity index is 256. The van der Waals surface area contributed by atoms with E-state index in [1.807, 2.05) is 24.3 Å². The number of methoxy groups -OCH3 is 1. The van der Waals surface area contributed by atoms with Gasteiger partial charge in [0.15, 0.2) is 6.79 Å². The fourth-order valence-electron chi connectivity index (χ4n) is 0.858. The van der Waals surface area contributed by atoms with E-state index in [4.69, 9.17) is 9.47 Å². The van der Waals surface area contributed by atoms with Gasteiger partial charge in [-0.05, 0) is 17.7 Å². The lowest BCUT2D eigenvalue weighted by Gasteiger charge is -2.04. The zero-order valence-corrected chi connectivity index (χ0v) is 7.12. The molecule has 0 aromatic heterocycles. The highest BCUT2D eigenvalue weighted by Gasteiger charge is 1.92. The van der Waals surface area contributed by atoms with Gasteiger partial charge in [-0.2, -0.15) is 0 Å². The maximum atomic E-state index is 5.23. The molecule has 0 amide bonds. The van der Waals surface area contributed by atoms with Gasteiger partial charge in [-0.3, -0.25) is 0 Å². The summed E-state index contributed by atoms with van der Waals surface area (Å²) in [4.78, 5) is 0. The van der Waals surface area contributed by atoms with E-state index in [1.54, 1.807) is 13.2 Å². The standard InChI is InChI=1S/C10H12O2/c1-3-9-5-4-6-10(7-9)12-8-11-2/h3-7H,1,8H2,2H3. The predicted molar refractivity (Wildman–Crippen MR) is 49.0 cm³/mol. The molecule has 12 heavy (non-hydrogen) atoms. The average Bonchev–Trinajstić information content (AvgIpc) is 2.15. The third kappa shape index (κ3) is 2.40. The first kappa shape index (κ1) is 8.81. The molecule has 0 fully saturated rings. The fraction of sp³-hybridized carbons (Fsp3) is 0.200. The zero-order chi connectivity index (χ0) is 8.81. The smallest absolute Gasteiger partial charge is 0.188 e.